The van der Waals surface area contributed by atoms with Gasteiger partial charge < -0.3 is 0 Å². The molecule has 0 radical (unpaired) electrons. The fourth-order valence-corrected chi connectivity index (χ4v) is 7.06. The zero-order valence-electron chi connectivity index (χ0n) is 13.9. The zero-order valence-corrected chi connectivity index (χ0v) is 14.7. The molecule has 0 heterocycles. The van der Waals surface area contributed by atoms with Gasteiger partial charge in [-0.15, -0.1) is 0 Å². The van der Waals surface area contributed by atoms with Gasteiger partial charge in [-0.1, -0.05) is 68.9 Å². The summed E-state index contributed by atoms with van der Waals surface area (Å²) in [6.45, 7) is 0. The van der Waals surface area contributed by atoms with Crippen molar-refractivity contribution in [1.29, 1.82) is 0 Å². The van der Waals surface area contributed by atoms with Gasteiger partial charge in [-0.25, -0.2) is 13.6 Å². The van der Waals surface area contributed by atoms with E-state index in [1.165, 1.54) is 12.8 Å². The Bertz CT molecular complexity index is 582. The van der Waals surface area contributed by atoms with Crippen molar-refractivity contribution in [3.05, 3.63) is 35.9 Å². The molecule has 0 aromatic heterocycles. The van der Waals surface area contributed by atoms with E-state index < -0.39 is 14.8 Å². The molecule has 23 heavy (non-hydrogen) atoms. The summed E-state index contributed by atoms with van der Waals surface area (Å²) in [5.74, 6) is 0.327. The molecule has 0 bridgehead atoms. The van der Waals surface area contributed by atoms with Crippen LogP contribution in [-0.2, 0) is 14.8 Å². The summed E-state index contributed by atoms with van der Waals surface area (Å²) >= 11 is 0. The smallest absolute Gasteiger partial charge is 0.219 e. The van der Waals surface area contributed by atoms with Gasteiger partial charge in [0, 0.05) is 0 Å². The van der Waals surface area contributed by atoms with Crippen LogP contribution in [0.25, 0.3) is 0 Å². The third-order valence-corrected chi connectivity index (χ3v) is 7.96. The van der Waals surface area contributed by atoms with Gasteiger partial charge in [0.2, 0.25) is 10.0 Å². The summed E-state index contributed by atoms with van der Waals surface area (Å²) in [6.07, 6.45) is 10.9. The molecule has 2 fully saturated rings. The van der Waals surface area contributed by atoms with Crippen LogP contribution in [0.1, 0.15) is 69.8 Å². The summed E-state index contributed by atoms with van der Waals surface area (Å²) in [4.78, 5) is 0. The third kappa shape index (κ3) is 3.08. The van der Waals surface area contributed by atoms with Gasteiger partial charge in [0.25, 0.3) is 0 Å². The lowest BCUT2D eigenvalue weighted by molar-refractivity contribution is 0.165. The monoisotopic (exact) mass is 335 g/mol. The Balaban J connectivity index is 2.16. The number of nitrogens with two attached hydrogens (primary N) is 1. The van der Waals surface area contributed by atoms with E-state index in [1.807, 2.05) is 30.3 Å². The molecule has 1 aromatic rings. The average molecular weight is 336 g/mol. The first-order valence-electron chi connectivity index (χ1n) is 9.14. The third-order valence-electron chi connectivity index (χ3n) is 6.12. The molecule has 0 spiro atoms. The predicted octanol–water partition coefficient (Wildman–Crippen LogP) is 4.33. The number of primary sulfonamides is 1. The number of rotatable bonds is 4. The van der Waals surface area contributed by atoms with Gasteiger partial charge in [-0.3, -0.25) is 0 Å². The molecule has 3 rings (SSSR count). The van der Waals surface area contributed by atoms with E-state index in [0.717, 1.165) is 56.9 Å². The van der Waals surface area contributed by atoms with Gasteiger partial charge in [-0.05, 0) is 43.1 Å². The van der Waals surface area contributed by atoms with E-state index in [-0.39, 0.29) is 11.8 Å². The van der Waals surface area contributed by atoms with Gasteiger partial charge >= 0.3 is 0 Å². The normalized spacial score (nSPS) is 22.1. The van der Waals surface area contributed by atoms with Crippen LogP contribution in [0.4, 0.5) is 0 Å². The predicted molar refractivity (Wildman–Crippen MR) is 94.4 cm³/mol. The first-order chi connectivity index (χ1) is 11.1. The van der Waals surface area contributed by atoms with Crippen LogP contribution in [-0.4, -0.2) is 8.42 Å². The summed E-state index contributed by atoms with van der Waals surface area (Å²) in [7, 11) is -3.68. The van der Waals surface area contributed by atoms with E-state index in [9.17, 15) is 8.42 Å². The molecule has 2 aliphatic rings. The van der Waals surface area contributed by atoms with Gasteiger partial charge in [-0.2, -0.15) is 0 Å². The molecule has 0 saturated heterocycles. The van der Waals surface area contributed by atoms with E-state index in [4.69, 9.17) is 5.14 Å². The lowest BCUT2D eigenvalue weighted by atomic mass is 9.66. The van der Waals surface area contributed by atoms with E-state index >= 15 is 0 Å². The minimum Gasteiger partial charge on any atom is -0.228 e. The molecule has 2 N–H and O–H groups in total. The van der Waals surface area contributed by atoms with Crippen molar-refractivity contribution in [2.24, 2.45) is 17.0 Å². The van der Waals surface area contributed by atoms with Crippen molar-refractivity contribution in [1.82, 2.24) is 0 Å². The number of hydrogen-bond acceptors (Lipinski definition) is 2. The molecule has 1 aromatic carbocycles. The average Bonchev–Trinajstić information content (AvgIpc) is 2.57. The Kier molecular flexibility index (Phi) is 5.12. The maximum absolute atomic E-state index is 13.0. The fourth-order valence-electron chi connectivity index (χ4n) is 5.20. The number of sulfonamides is 1. The van der Waals surface area contributed by atoms with Crippen LogP contribution in [0.3, 0.4) is 0 Å². The Hall–Kier alpha value is -0.870. The van der Waals surface area contributed by atoms with E-state index in [1.54, 1.807) is 0 Å². The number of benzene rings is 1. The molecule has 2 aliphatic carbocycles. The van der Waals surface area contributed by atoms with Crippen molar-refractivity contribution in [3.63, 3.8) is 0 Å². The minimum absolute atomic E-state index is 0.164. The first kappa shape index (κ1) is 17.0. The van der Waals surface area contributed by atoms with Crippen molar-refractivity contribution in [2.45, 2.75) is 69.0 Å². The van der Waals surface area contributed by atoms with Crippen LogP contribution < -0.4 is 5.14 Å². The SMILES string of the molecule is NS(=O)(=O)C(c1ccccc1)(C1CCCCC1)C1CCCCC1. The summed E-state index contributed by atoms with van der Waals surface area (Å²) in [6, 6.07) is 9.86. The molecule has 3 nitrogen and oxygen atoms in total. The van der Waals surface area contributed by atoms with E-state index in [2.05, 4.69) is 0 Å². The minimum atomic E-state index is -3.68. The Labute approximate surface area is 140 Å². The molecule has 0 atom stereocenters. The molecule has 0 amide bonds. The molecular formula is C19H29NO2S. The van der Waals surface area contributed by atoms with Crippen LogP contribution >= 0.6 is 0 Å². The summed E-state index contributed by atoms with van der Waals surface area (Å²) < 4.78 is 25.2. The van der Waals surface area contributed by atoms with Gasteiger partial charge in [0.15, 0.2) is 0 Å². The quantitative estimate of drug-likeness (QED) is 0.890. The lowest BCUT2D eigenvalue weighted by Crippen LogP contribution is -2.53. The second-order valence-electron chi connectivity index (χ2n) is 7.37. The largest absolute Gasteiger partial charge is 0.228 e. The van der Waals surface area contributed by atoms with Gasteiger partial charge in [0.05, 0.1) is 0 Å². The van der Waals surface area contributed by atoms with Crippen molar-refractivity contribution < 1.29 is 8.42 Å². The molecule has 0 unspecified atom stereocenters. The summed E-state index contributed by atoms with van der Waals surface area (Å²) in [5.41, 5.74) is 0.932. The fraction of sp³-hybridized carbons (Fsp3) is 0.684. The number of hydrogen-bond donors (Lipinski definition) is 1. The van der Waals surface area contributed by atoms with Crippen molar-refractivity contribution in [2.75, 3.05) is 0 Å². The molecule has 128 valence electrons. The highest BCUT2D eigenvalue weighted by molar-refractivity contribution is 7.90. The second kappa shape index (κ2) is 6.94. The Morgan fingerprint density at radius 3 is 1.61 bits per heavy atom. The highest BCUT2D eigenvalue weighted by Gasteiger charge is 2.54. The Morgan fingerprint density at radius 2 is 1.22 bits per heavy atom. The molecule has 4 heteroatoms. The van der Waals surface area contributed by atoms with Crippen LogP contribution in [0, 0.1) is 11.8 Å². The highest BCUT2D eigenvalue weighted by Crippen LogP contribution is 2.52. The maximum Gasteiger partial charge on any atom is 0.219 e. The van der Waals surface area contributed by atoms with Crippen molar-refractivity contribution >= 4 is 10.0 Å². The standard InChI is InChI=1S/C19H29NO2S/c20-23(21,22)19(16-10-4-1-5-11-16,17-12-6-2-7-13-17)18-14-8-3-9-15-18/h1,4-5,10-11,17-18H,2-3,6-9,12-15H2,(H2,20,21,22). The summed E-state index contributed by atoms with van der Waals surface area (Å²) in [5, 5.41) is 5.98. The van der Waals surface area contributed by atoms with Crippen LogP contribution in [0.5, 0.6) is 0 Å². The van der Waals surface area contributed by atoms with Crippen LogP contribution in [0.2, 0.25) is 0 Å². The van der Waals surface area contributed by atoms with Crippen LogP contribution in [0.15, 0.2) is 30.3 Å². The molecular weight excluding hydrogens is 306 g/mol. The Morgan fingerprint density at radius 1 is 0.783 bits per heavy atom. The van der Waals surface area contributed by atoms with Gasteiger partial charge in [0.1, 0.15) is 4.75 Å². The first-order valence-corrected chi connectivity index (χ1v) is 10.7. The second-order valence-corrected chi connectivity index (χ2v) is 9.14. The molecule has 0 aliphatic heterocycles. The zero-order chi connectivity index (χ0) is 16.3. The molecule has 2 saturated carbocycles. The topological polar surface area (TPSA) is 60.2 Å². The maximum atomic E-state index is 13.0. The lowest BCUT2D eigenvalue weighted by Gasteiger charge is -2.47. The highest BCUT2D eigenvalue weighted by atomic mass is 32.2. The van der Waals surface area contributed by atoms with E-state index in [0.29, 0.717) is 0 Å². The van der Waals surface area contributed by atoms with Crippen molar-refractivity contribution in [3.8, 4) is 0 Å².